The lowest BCUT2D eigenvalue weighted by Crippen LogP contribution is -2.27. The molecule has 0 saturated carbocycles. The van der Waals surface area contributed by atoms with Gasteiger partial charge in [-0.05, 0) is 87.4 Å². The molecule has 7 heteroatoms. The summed E-state index contributed by atoms with van der Waals surface area (Å²) in [6.45, 7) is 7.77. The van der Waals surface area contributed by atoms with Crippen molar-refractivity contribution in [2.45, 2.75) is 45.8 Å². The number of rotatable bonds is 5. The normalized spacial score (nSPS) is 13.8. The van der Waals surface area contributed by atoms with Crippen LogP contribution in [0.3, 0.4) is 0 Å². The standard InChI is InChI=1S/C29H29ClN2O4/c1-18(28(35)36-29(2,3)4)19-8-13-23(14-9-19)32-17-21-10-15-24(16-25(21)27(32)34)31(5)26(33)20-6-11-22(30)12-7-20/h6-16,18H,17H2,1-5H3. The van der Waals surface area contributed by atoms with Crippen LogP contribution in [0.1, 0.15) is 65.5 Å². The van der Waals surface area contributed by atoms with Crippen molar-refractivity contribution in [3.63, 3.8) is 0 Å². The van der Waals surface area contributed by atoms with Gasteiger partial charge < -0.3 is 14.5 Å². The first-order chi connectivity index (χ1) is 16.9. The van der Waals surface area contributed by atoms with E-state index in [-0.39, 0.29) is 17.8 Å². The Morgan fingerprint density at radius 3 is 2.25 bits per heavy atom. The van der Waals surface area contributed by atoms with Gasteiger partial charge in [0.1, 0.15) is 5.60 Å². The highest BCUT2D eigenvalue weighted by molar-refractivity contribution is 6.30. The molecule has 0 aromatic heterocycles. The molecule has 3 aromatic rings. The van der Waals surface area contributed by atoms with Crippen LogP contribution in [0.25, 0.3) is 0 Å². The second-order valence-electron chi connectivity index (χ2n) is 9.95. The van der Waals surface area contributed by atoms with E-state index in [2.05, 4.69) is 0 Å². The number of anilines is 2. The van der Waals surface area contributed by atoms with E-state index in [1.165, 1.54) is 4.90 Å². The lowest BCUT2D eigenvalue weighted by molar-refractivity contribution is -0.156. The molecule has 3 aromatic carbocycles. The molecule has 0 N–H and O–H groups in total. The van der Waals surface area contributed by atoms with E-state index in [1.54, 1.807) is 42.3 Å². The van der Waals surface area contributed by atoms with Gasteiger partial charge in [0.05, 0.1) is 12.5 Å². The lowest BCUT2D eigenvalue weighted by atomic mass is 10.0. The summed E-state index contributed by atoms with van der Waals surface area (Å²) in [5.74, 6) is -1.03. The Kier molecular flexibility index (Phi) is 6.92. The highest BCUT2D eigenvalue weighted by atomic mass is 35.5. The molecule has 0 spiro atoms. The van der Waals surface area contributed by atoms with Crippen LogP contribution in [-0.4, -0.2) is 30.4 Å². The van der Waals surface area contributed by atoms with Crippen molar-refractivity contribution in [1.29, 1.82) is 0 Å². The van der Waals surface area contributed by atoms with E-state index < -0.39 is 11.5 Å². The van der Waals surface area contributed by atoms with Crippen molar-refractivity contribution in [2.24, 2.45) is 0 Å². The largest absolute Gasteiger partial charge is 0.460 e. The Bertz CT molecular complexity index is 1310. The molecule has 186 valence electrons. The van der Waals surface area contributed by atoms with E-state index in [4.69, 9.17) is 16.3 Å². The molecule has 1 unspecified atom stereocenters. The average Bonchev–Trinajstić information content (AvgIpc) is 3.18. The molecule has 1 atom stereocenters. The predicted molar refractivity (Wildman–Crippen MR) is 142 cm³/mol. The number of carbonyl (C=O) groups is 3. The number of nitrogens with zero attached hydrogens (tertiary/aromatic N) is 2. The summed E-state index contributed by atoms with van der Waals surface area (Å²) in [6, 6.07) is 19.6. The minimum Gasteiger partial charge on any atom is -0.460 e. The van der Waals surface area contributed by atoms with Gasteiger partial charge in [0, 0.05) is 34.6 Å². The summed E-state index contributed by atoms with van der Waals surface area (Å²) in [6.07, 6.45) is 0. The highest BCUT2D eigenvalue weighted by Gasteiger charge is 2.30. The van der Waals surface area contributed by atoms with E-state index in [0.29, 0.717) is 28.4 Å². The molecule has 2 amide bonds. The molecule has 0 bridgehead atoms. The van der Waals surface area contributed by atoms with E-state index in [9.17, 15) is 14.4 Å². The van der Waals surface area contributed by atoms with Gasteiger partial charge >= 0.3 is 5.97 Å². The minimum atomic E-state index is -0.550. The van der Waals surface area contributed by atoms with Crippen LogP contribution in [0.2, 0.25) is 5.02 Å². The van der Waals surface area contributed by atoms with Crippen molar-refractivity contribution in [3.05, 3.63) is 94.0 Å². The summed E-state index contributed by atoms with van der Waals surface area (Å²) < 4.78 is 5.49. The number of carbonyl (C=O) groups excluding carboxylic acids is 3. The van der Waals surface area contributed by atoms with Crippen LogP contribution in [0.5, 0.6) is 0 Å². The third kappa shape index (κ3) is 5.29. The summed E-state index contributed by atoms with van der Waals surface area (Å²) in [7, 11) is 1.68. The molecule has 0 saturated heterocycles. The van der Waals surface area contributed by atoms with Crippen molar-refractivity contribution >= 4 is 40.8 Å². The van der Waals surface area contributed by atoms with Crippen molar-refractivity contribution in [1.82, 2.24) is 0 Å². The molecule has 0 aliphatic carbocycles. The van der Waals surface area contributed by atoms with Gasteiger partial charge in [-0.2, -0.15) is 0 Å². The van der Waals surface area contributed by atoms with Gasteiger partial charge in [0.2, 0.25) is 0 Å². The monoisotopic (exact) mass is 504 g/mol. The van der Waals surface area contributed by atoms with Gasteiger partial charge in [-0.3, -0.25) is 14.4 Å². The fourth-order valence-corrected chi connectivity index (χ4v) is 4.20. The lowest BCUT2D eigenvalue weighted by Gasteiger charge is -2.23. The van der Waals surface area contributed by atoms with Crippen LogP contribution in [-0.2, 0) is 16.1 Å². The smallest absolute Gasteiger partial charge is 0.313 e. The molecular formula is C29H29ClN2O4. The SMILES string of the molecule is CC(C(=O)OC(C)(C)C)c1ccc(N2Cc3ccc(N(C)C(=O)c4ccc(Cl)cc4)cc3C2=O)cc1. The molecular weight excluding hydrogens is 476 g/mol. The molecule has 1 aliphatic rings. The van der Waals surface area contributed by atoms with Crippen LogP contribution in [0.15, 0.2) is 66.7 Å². The van der Waals surface area contributed by atoms with Gasteiger partial charge in [-0.1, -0.05) is 29.8 Å². The van der Waals surface area contributed by atoms with Crippen LogP contribution >= 0.6 is 11.6 Å². The second kappa shape index (κ2) is 9.78. The Balaban J connectivity index is 1.50. The Morgan fingerprint density at radius 2 is 1.64 bits per heavy atom. The maximum absolute atomic E-state index is 13.3. The number of halogens is 1. The van der Waals surface area contributed by atoms with Crippen LogP contribution < -0.4 is 9.80 Å². The first-order valence-corrected chi connectivity index (χ1v) is 12.1. The number of fused-ring (bicyclic) bond motifs is 1. The summed E-state index contributed by atoms with van der Waals surface area (Å²) >= 11 is 5.93. The first kappa shape index (κ1) is 25.5. The van der Waals surface area contributed by atoms with Gasteiger partial charge in [0.15, 0.2) is 0 Å². The number of ether oxygens (including phenoxy) is 1. The van der Waals surface area contributed by atoms with E-state index in [1.807, 2.05) is 64.1 Å². The van der Waals surface area contributed by atoms with Gasteiger partial charge in [-0.15, -0.1) is 0 Å². The van der Waals surface area contributed by atoms with Gasteiger partial charge in [-0.25, -0.2) is 0 Å². The van der Waals surface area contributed by atoms with Gasteiger partial charge in [0.25, 0.3) is 11.8 Å². The maximum Gasteiger partial charge on any atom is 0.313 e. The summed E-state index contributed by atoms with van der Waals surface area (Å²) in [5, 5.41) is 0.560. The number of benzene rings is 3. The molecule has 1 aliphatic heterocycles. The fraction of sp³-hybridized carbons (Fsp3) is 0.276. The topological polar surface area (TPSA) is 66.9 Å². The van der Waals surface area contributed by atoms with Crippen molar-refractivity contribution in [2.75, 3.05) is 16.8 Å². The quantitative estimate of drug-likeness (QED) is 0.387. The fourth-order valence-electron chi connectivity index (χ4n) is 4.08. The molecule has 36 heavy (non-hydrogen) atoms. The Morgan fingerprint density at radius 1 is 1.00 bits per heavy atom. The number of hydrogen-bond acceptors (Lipinski definition) is 4. The van der Waals surface area contributed by atoms with Crippen LogP contribution in [0, 0.1) is 0 Å². The molecule has 0 radical (unpaired) electrons. The Hall–Kier alpha value is -3.64. The molecule has 0 fully saturated rings. The first-order valence-electron chi connectivity index (χ1n) is 11.8. The Labute approximate surface area is 216 Å². The number of hydrogen-bond donors (Lipinski definition) is 0. The predicted octanol–water partition coefficient (Wildman–Crippen LogP) is 6.22. The average molecular weight is 505 g/mol. The van der Waals surface area contributed by atoms with E-state index >= 15 is 0 Å². The number of esters is 1. The number of amides is 2. The summed E-state index contributed by atoms with van der Waals surface area (Å²) in [4.78, 5) is 41.8. The zero-order valence-electron chi connectivity index (χ0n) is 21.0. The van der Waals surface area contributed by atoms with Crippen molar-refractivity contribution in [3.8, 4) is 0 Å². The maximum atomic E-state index is 13.3. The summed E-state index contributed by atoms with van der Waals surface area (Å²) in [5.41, 5.74) is 3.61. The second-order valence-corrected chi connectivity index (χ2v) is 10.4. The van der Waals surface area contributed by atoms with Crippen LogP contribution in [0.4, 0.5) is 11.4 Å². The zero-order chi connectivity index (χ0) is 26.2. The third-order valence-corrected chi connectivity index (χ3v) is 6.40. The van der Waals surface area contributed by atoms with Crippen molar-refractivity contribution < 1.29 is 19.1 Å². The highest BCUT2D eigenvalue weighted by Crippen LogP contribution is 2.32. The zero-order valence-corrected chi connectivity index (χ0v) is 21.8. The molecule has 4 rings (SSSR count). The third-order valence-electron chi connectivity index (χ3n) is 6.15. The minimum absolute atomic E-state index is 0.132. The molecule has 1 heterocycles. The van der Waals surface area contributed by atoms with E-state index in [0.717, 1.165) is 16.8 Å². The molecule has 6 nitrogen and oxygen atoms in total.